The van der Waals surface area contributed by atoms with Crippen LogP contribution in [0.2, 0.25) is 0 Å². The quantitative estimate of drug-likeness (QED) is 0.777. The second-order valence-corrected chi connectivity index (χ2v) is 4.89. The zero-order valence-electron chi connectivity index (χ0n) is 9.11. The van der Waals surface area contributed by atoms with Gasteiger partial charge in [0.1, 0.15) is 12.4 Å². The Hall–Kier alpha value is -0.670. The predicted octanol–water partition coefficient (Wildman–Crippen LogP) is 2.38. The van der Waals surface area contributed by atoms with Crippen LogP contribution in [0, 0.1) is 6.92 Å². The van der Waals surface area contributed by atoms with Crippen LogP contribution in [0.5, 0.6) is 5.75 Å². The molecule has 3 heteroatoms. The first-order valence-electron chi connectivity index (χ1n) is 5.34. The van der Waals surface area contributed by atoms with Gasteiger partial charge >= 0.3 is 0 Å². The van der Waals surface area contributed by atoms with E-state index in [1.54, 1.807) is 0 Å². The molecule has 0 spiro atoms. The molecule has 0 saturated carbocycles. The number of thioether (sulfide) groups is 1. The molecule has 1 aliphatic rings. The minimum absolute atomic E-state index is 0.795. The lowest BCUT2D eigenvalue weighted by molar-refractivity contribution is 0.244. The van der Waals surface area contributed by atoms with Crippen LogP contribution in [-0.2, 0) is 0 Å². The van der Waals surface area contributed by atoms with E-state index in [9.17, 15) is 0 Å². The first-order chi connectivity index (χ1) is 7.34. The zero-order valence-corrected chi connectivity index (χ0v) is 9.93. The number of hydrogen-bond donors (Lipinski definition) is 0. The van der Waals surface area contributed by atoms with E-state index in [-0.39, 0.29) is 0 Å². The minimum atomic E-state index is 0.795. The third-order valence-corrected chi connectivity index (χ3v) is 3.54. The molecule has 0 unspecified atom stereocenters. The lowest BCUT2D eigenvalue weighted by Crippen LogP contribution is -2.25. The fourth-order valence-electron chi connectivity index (χ4n) is 1.56. The summed E-state index contributed by atoms with van der Waals surface area (Å²) in [5.74, 6) is 3.41. The van der Waals surface area contributed by atoms with E-state index < -0.39 is 0 Å². The molecule has 1 aromatic carbocycles. The van der Waals surface area contributed by atoms with Crippen molar-refractivity contribution in [3.05, 3.63) is 29.8 Å². The van der Waals surface area contributed by atoms with Crippen LogP contribution >= 0.6 is 11.8 Å². The van der Waals surface area contributed by atoms with Gasteiger partial charge in [0.15, 0.2) is 0 Å². The maximum absolute atomic E-state index is 5.67. The molecule has 1 aromatic rings. The van der Waals surface area contributed by atoms with Crippen molar-refractivity contribution in [2.45, 2.75) is 6.92 Å². The fraction of sp³-hybridized carbons (Fsp3) is 0.500. The lowest BCUT2D eigenvalue weighted by Gasteiger charge is -2.14. The van der Waals surface area contributed by atoms with Gasteiger partial charge in [-0.15, -0.1) is 11.8 Å². The Morgan fingerprint density at radius 2 is 2.13 bits per heavy atom. The molecular weight excluding hydrogens is 206 g/mol. The summed E-state index contributed by atoms with van der Waals surface area (Å²) < 4.78 is 5.67. The molecular formula is C12H17NOS. The van der Waals surface area contributed by atoms with E-state index in [0.717, 1.165) is 24.8 Å². The number of rotatable bonds is 4. The van der Waals surface area contributed by atoms with Gasteiger partial charge in [0.2, 0.25) is 0 Å². The molecule has 0 radical (unpaired) electrons. The van der Waals surface area contributed by atoms with Gasteiger partial charge in [-0.1, -0.05) is 17.7 Å². The highest BCUT2D eigenvalue weighted by atomic mass is 32.2. The summed E-state index contributed by atoms with van der Waals surface area (Å²) in [5, 5.41) is 0. The van der Waals surface area contributed by atoms with Crippen molar-refractivity contribution in [3.63, 3.8) is 0 Å². The van der Waals surface area contributed by atoms with Crippen LogP contribution in [0.25, 0.3) is 0 Å². The highest BCUT2D eigenvalue weighted by Gasteiger charge is 2.10. The Labute approximate surface area is 95.6 Å². The largest absolute Gasteiger partial charge is 0.492 e. The van der Waals surface area contributed by atoms with E-state index in [0.29, 0.717) is 0 Å². The monoisotopic (exact) mass is 223 g/mol. The van der Waals surface area contributed by atoms with Crippen LogP contribution in [0.15, 0.2) is 24.3 Å². The van der Waals surface area contributed by atoms with Crippen LogP contribution in [0.3, 0.4) is 0 Å². The van der Waals surface area contributed by atoms with Crippen LogP contribution in [0.1, 0.15) is 5.56 Å². The topological polar surface area (TPSA) is 12.5 Å². The molecule has 0 aliphatic carbocycles. The van der Waals surface area contributed by atoms with Crippen molar-refractivity contribution in [1.82, 2.24) is 4.90 Å². The highest BCUT2D eigenvalue weighted by Crippen LogP contribution is 2.14. The molecule has 2 nitrogen and oxygen atoms in total. The molecule has 0 bridgehead atoms. The smallest absolute Gasteiger partial charge is 0.119 e. The first-order valence-corrected chi connectivity index (χ1v) is 6.49. The van der Waals surface area contributed by atoms with Crippen molar-refractivity contribution in [3.8, 4) is 5.75 Å². The number of benzene rings is 1. The molecule has 0 atom stereocenters. The summed E-state index contributed by atoms with van der Waals surface area (Å²) in [6, 6.07) is 8.24. The summed E-state index contributed by atoms with van der Waals surface area (Å²) >= 11 is 2.00. The Balaban J connectivity index is 1.71. The molecule has 1 heterocycles. The van der Waals surface area contributed by atoms with Crippen LogP contribution in [0.4, 0.5) is 0 Å². The lowest BCUT2D eigenvalue weighted by atomic mass is 10.2. The van der Waals surface area contributed by atoms with E-state index >= 15 is 0 Å². The molecule has 1 saturated heterocycles. The summed E-state index contributed by atoms with van der Waals surface area (Å²) in [6.45, 7) is 5.14. The SMILES string of the molecule is Cc1ccc(OCCN2CCSC2)cc1. The third-order valence-electron chi connectivity index (χ3n) is 2.52. The summed E-state index contributed by atoms with van der Waals surface area (Å²) in [6.07, 6.45) is 0. The van der Waals surface area contributed by atoms with Crippen molar-refractivity contribution in [1.29, 1.82) is 0 Å². The van der Waals surface area contributed by atoms with E-state index in [4.69, 9.17) is 4.74 Å². The van der Waals surface area contributed by atoms with Gasteiger partial charge in [-0.25, -0.2) is 0 Å². The number of ether oxygens (including phenoxy) is 1. The maximum Gasteiger partial charge on any atom is 0.119 e. The number of aryl methyl sites for hydroxylation is 1. The third kappa shape index (κ3) is 3.43. The molecule has 2 rings (SSSR count). The van der Waals surface area contributed by atoms with E-state index in [2.05, 4.69) is 24.0 Å². The second kappa shape index (κ2) is 5.42. The Kier molecular flexibility index (Phi) is 3.92. The highest BCUT2D eigenvalue weighted by molar-refractivity contribution is 7.99. The first kappa shape index (κ1) is 10.8. The van der Waals surface area contributed by atoms with Crippen LogP contribution in [-0.4, -0.2) is 36.2 Å². The molecule has 1 fully saturated rings. The van der Waals surface area contributed by atoms with Gasteiger partial charge in [-0.05, 0) is 19.1 Å². The average Bonchev–Trinajstić information content (AvgIpc) is 2.74. The van der Waals surface area contributed by atoms with Gasteiger partial charge in [-0.3, -0.25) is 4.90 Å². The Morgan fingerprint density at radius 1 is 1.33 bits per heavy atom. The molecule has 0 amide bonds. The molecule has 15 heavy (non-hydrogen) atoms. The van der Waals surface area contributed by atoms with Gasteiger partial charge in [0.25, 0.3) is 0 Å². The van der Waals surface area contributed by atoms with Crippen LogP contribution < -0.4 is 4.74 Å². The Bertz CT molecular complexity index is 293. The predicted molar refractivity (Wildman–Crippen MR) is 65.6 cm³/mol. The number of nitrogens with zero attached hydrogens (tertiary/aromatic N) is 1. The van der Waals surface area contributed by atoms with Crippen molar-refractivity contribution < 1.29 is 4.74 Å². The maximum atomic E-state index is 5.67. The summed E-state index contributed by atoms with van der Waals surface area (Å²) in [4.78, 5) is 2.43. The Morgan fingerprint density at radius 3 is 2.80 bits per heavy atom. The molecule has 82 valence electrons. The zero-order chi connectivity index (χ0) is 10.5. The summed E-state index contributed by atoms with van der Waals surface area (Å²) in [5.41, 5.74) is 1.28. The van der Waals surface area contributed by atoms with Crippen molar-refractivity contribution in [2.75, 3.05) is 31.3 Å². The van der Waals surface area contributed by atoms with Gasteiger partial charge in [0.05, 0.1) is 0 Å². The molecule has 0 N–H and O–H groups in total. The average molecular weight is 223 g/mol. The molecule has 1 aliphatic heterocycles. The summed E-state index contributed by atoms with van der Waals surface area (Å²) in [7, 11) is 0. The van der Waals surface area contributed by atoms with Gasteiger partial charge in [-0.2, -0.15) is 0 Å². The minimum Gasteiger partial charge on any atom is -0.492 e. The van der Waals surface area contributed by atoms with Crippen molar-refractivity contribution >= 4 is 11.8 Å². The fourth-order valence-corrected chi connectivity index (χ4v) is 2.59. The normalized spacial score (nSPS) is 16.9. The van der Waals surface area contributed by atoms with Gasteiger partial charge in [0, 0.05) is 24.7 Å². The van der Waals surface area contributed by atoms with Gasteiger partial charge < -0.3 is 4.74 Å². The standard InChI is InChI=1S/C12H17NOS/c1-11-2-4-12(5-3-11)14-8-6-13-7-9-15-10-13/h2-5H,6-10H2,1H3. The van der Waals surface area contributed by atoms with E-state index in [1.807, 2.05) is 23.9 Å². The number of hydrogen-bond acceptors (Lipinski definition) is 3. The second-order valence-electron chi connectivity index (χ2n) is 3.82. The van der Waals surface area contributed by atoms with E-state index in [1.165, 1.54) is 17.9 Å². The molecule has 0 aromatic heterocycles. The van der Waals surface area contributed by atoms with Crippen molar-refractivity contribution in [2.24, 2.45) is 0 Å².